The van der Waals surface area contributed by atoms with Gasteiger partial charge in [0, 0.05) is 12.1 Å². The standard InChI is InChI=1S/C19H27FN4O2S/c1-6-13(4)21-17(25)11-27-19-23-22-18(24(19)12(2)3)14(5)26-16-9-7-15(20)8-10-16/h7-10,12-14H,6,11H2,1-5H3,(H,21,25). The van der Waals surface area contributed by atoms with Gasteiger partial charge in [-0.05, 0) is 58.4 Å². The highest BCUT2D eigenvalue weighted by Crippen LogP contribution is 2.27. The second kappa shape index (κ2) is 9.73. The number of hydrogen-bond donors (Lipinski definition) is 1. The van der Waals surface area contributed by atoms with Crippen molar-refractivity contribution in [1.82, 2.24) is 20.1 Å². The molecule has 1 amide bonds. The monoisotopic (exact) mass is 394 g/mol. The van der Waals surface area contributed by atoms with Crippen LogP contribution in [0.5, 0.6) is 5.75 Å². The average Bonchev–Trinajstić information content (AvgIpc) is 3.06. The van der Waals surface area contributed by atoms with Crippen LogP contribution in [0.25, 0.3) is 0 Å². The molecule has 27 heavy (non-hydrogen) atoms. The van der Waals surface area contributed by atoms with E-state index in [4.69, 9.17) is 4.74 Å². The average molecular weight is 395 g/mol. The zero-order valence-corrected chi connectivity index (χ0v) is 17.2. The Morgan fingerprint density at radius 2 is 1.89 bits per heavy atom. The summed E-state index contributed by atoms with van der Waals surface area (Å²) in [5.74, 6) is 1.17. The van der Waals surface area contributed by atoms with Crippen LogP contribution < -0.4 is 10.1 Å². The molecule has 8 heteroatoms. The minimum absolute atomic E-state index is 0.0233. The molecule has 2 aromatic rings. The molecule has 0 bridgehead atoms. The van der Waals surface area contributed by atoms with Gasteiger partial charge in [0.25, 0.3) is 0 Å². The van der Waals surface area contributed by atoms with Gasteiger partial charge in [-0.25, -0.2) is 4.39 Å². The lowest BCUT2D eigenvalue weighted by molar-refractivity contribution is -0.119. The smallest absolute Gasteiger partial charge is 0.230 e. The maximum Gasteiger partial charge on any atom is 0.230 e. The van der Waals surface area contributed by atoms with E-state index >= 15 is 0 Å². The molecule has 0 spiro atoms. The van der Waals surface area contributed by atoms with E-state index in [9.17, 15) is 9.18 Å². The zero-order valence-electron chi connectivity index (χ0n) is 16.4. The highest BCUT2D eigenvalue weighted by Gasteiger charge is 2.22. The fraction of sp³-hybridized carbons (Fsp3) is 0.526. The Balaban J connectivity index is 2.09. The number of nitrogens with zero attached hydrogens (tertiary/aromatic N) is 3. The molecule has 1 aromatic heterocycles. The number of rotatable bonds is 9. The minimum Gasteiger partial charge on any atom is -0.483 e. The molecule has 2 atom stereocenters. The Morgan fingerprint density at radius 1 is 1.22 bits per heavy atom. The van der Waals surface area contributed by atoms with Crippen LogP contribution in [-0.2, 0) is 4.79 Å². The fourth-order valence-corrected chi connectivity index (χ4v) is 3.35. The van der Waals surface area contributed by atoms with Crippen LogP contribution in [0.15, 0.2) is 29.4 Å². The van der Waals surface area contributed by atoms with Crippen LogP contribution in [0.4, 0.5) is 4.39 Å². The SMILES string of the molecule is CCC(C)NC(=O)CSc1nnc(C(C)Oc2ccc(F)cc2)n1C(C)C. The summed E-state index contributed by atoms with van der Waals surface area (Å²) in [7, 11) is 0. The molecular formula is C19H27FN4O2S. The minimum atomic E-state index is -0.367. The molecule has 148 valence electrons. The third-order valence-corrected chi connectivity index (χ3v) is 4.99. The van der Waals surface area contributed by atoms with Gasteiger partial charge in [-0.1, -0.05) is 18.7 Å². The van der Waals surface area contributed by atoms with E-state index in [0.29, 0.717) is 16.7 Å². The topological polar surface area (TPSA) is 69.0 Å². The molecular weight excluding hydrogens is 367 g/mol. The van der Waals surface area contributed by atoms with Crippen molar-refractivity contribution in [2.75, 3.05) is 5.75 Å². The molecule has 6 nitrogen and oxygen atoms in total. The summed E-state index contributed by atoms with van der Waals surface area (Å²) in [6.07, 6.45) is 0.523. The van der Waals surface area contributed by atoms with E-state index in [-0.39, 0.29) is 35.7 Å². The van der Waals surface area contributed by atoms with Gasteiger partial charge in [-0.3, -0.25) is 4.79 Å². The van der Waals surface area contributed by atoms with E-state index in [1.165, 1.54) is 23.9 Å². The lowest BCUT2D eigenvalue weighted by atomic mass is 10.3. The van der Waals surface area contributed by atoms with Gasteiger partial charge in [-0.15, -0.1) is 10.2 Å². The highest BCUT2D eigenvalue weighted by molar-refractivity contribution is 7.99. The summed E-state index contributed by atoms with van der Waals surface area (Å²) in [4.78, 5) is 12.0. The quantitative estimate of drug-likeness (QED) is 0.647. The lowest BCUT2D eigenvalue weighted by Crippen LogP contribution is -2.33. The molecule has 1 N–H and O–H groups in total. The molecule has 2 unspecified atom stereocenters. The Morgan fingerprint density at radius 3 is 2.48 bits per heavy atom. The van der Waals surface area contributed by atoms with Crippen molar-refractivity contribution >= 4 is 17.7 Å². The first-order chi connectivity index (χ1) is 12.8. The highest BCUT2D eigenvalue weighted by atomic mass is 32.2. The molecule has 1 heterocycles. The molecule has 0 aliphatic carbocycles. The van der Waals surface area contributed by atoms with Gasteiger partial charge in [0.1, 0.15) is 11.6 Å². The van der Waals surface area contributed by atoms with Gasteiger partial charge >= 0.3 is 0 Å². The van der Waals surface area contributed by atoms with Crippen molar-refractivity contribution in [3.8, 4) is 5.75 Å². The van der Waals surface area contributed by atoms with Gasteiger partial charge < -0.3 is 14.6 Å². The van der Waals surface area contributed by atoms with Crippen LogP contribution >= 0.6 is 11.8 Å². The number of hydrogen-bond acceptors (Lipinski definition) is 5. The Kier molecular flexibility index (Phi) is 7.65. The van der Waals surface area contributed by atoms with E-state index in [0.717, 1.165) is 6.42 Å². The number of benzene rings is 1. The van der Waals surface area contributed by atoms with E-state index < -0.39 is 0 Å². The van der Waals surface area contributed by atoms with Crippen LogP contribution in [0.3, 0.4) is 0 Å². The normalized spacial score (nSPS) is 13.4. The predicted molar refractivity (Wildman–Crippen MR) is 104 cm³/mol. The number of thioether (sulfide) groups is 1. The predicted octanol–water partition coefficient (Wildman–Crippen LogP) is 4.14. The maximum absolute atomic E-state index is 13.1. The van der Waals surface area contributed by atoms with Crippen molar-refractivity contribution in [2.24, 2.45) is 0 Å². The summed E-state index contributed by atoms with van der Waals surface area (Å²) >= 11 is 1.35. The third kappa shape index (κ3) is 5.95. The van der Waals surface area contributed by atoms with Gasteiger partial charge in [0.05, 0.1) is 5.75 Å². The third-order valence-electron chi connectivity index (χ3n) is 4.05. The zero-order chi connectivity index (χ0) is 20.0. The number of ether oxygens (including phenoxy) is 1. The van der Waals surface area contributed by atoms with E-state index in [1.54, 1.807) is 12.1 Å². The molecule has 2 rings (SSSR count). The second-order valence-corrected chi connectivity index (χ2v) is 7.63. The second-order valence-electron chi connectivity index (χ2n) is 6.68. The summed E-state index contributed by atoms with van der Waals surface area (Å²) in [6, 6.07) is 6.13. The van der Waals surface area contributed by atoms with Gasteiger partial charge in [-0.2, -0.15) is 0 Å². The molecule has 0 aliphatic heterocycles. The lowest BCUT2D eigenvalue weighted by Gasteiger charge is -2.19. The number of carbonyl (C=O) groups is 1. The van der Waals surface area contributed by atoms with Gasteiger partial charge in [0.2, 0.25) is 5.91 Å². The fourth-order valence-electron chi connectivity index (χ4n) is 2.47. The summed E-state index contributed by atoms with van der Waals surface area (Å²) in [5, 5.41) is 12.1. The van der Waals surface area contributed by atoms with Crippen molar-refractivity contribution in [1.29, 1.82) is 0 Å². The number of amides is 1. The molecule has 0 radical (unpaired) electrons. The molecule has 0 saturated heterocycles. The summed E-state index contributed by atoms with van der Waals surface area (Å²) in [6.45, 7) is 9.94. The number of halogens is 1. The molecule has 0 aliphatic rings. The van der Waals surface area contributed by atoms with Crippen molar-refractivity contribution in [3.05, 3.63) is 35.9 Å². The Labute approximate surface area is 163 Å². The Bertz CT molecular complexity index is 749. The van der Waals surface area contributed by atoms with Crippen molar-refractivity contribution in [3.63, 3.8) is 0 Å². The van der Waals surface area contributed by atoms with Crippen molar-refractivity contribution < 1.29 is 13.9 Å². The van der Waals surface area contributed by atoms with Crippen LogP contribution in [-0.4, -0.2) is 32.5 Å². The molecule has 0 fully saturated rings. The van der Waals surface area contributed by atoms with Crippen LogP contribution in [0.2, 0.25) is 0 Å². The molecule has 1 aromatic carbocycles. The summed E-state index contributed by atoms with van der Waals surface area (Å²) < 4.78 is 20.9. The van der Waals surface area contributed by atoms with Gasteiger partial charge in [0.15, 0.2) is 17.1 Å². The first kappa shape index (κ1) is 21.2. The Hall–Kier alpha value is -2.09. The first-order valence-electron chi connectivity index (χ1n) is 9.11. The number of carbonyl (C=O) groups excluding carboxylic acids is 1. The largest absolute Gasteiger partial charge is 0.483 e. The van der Waals surface area contributed by atoms with Crippen LogP contribution in [0.1, 0.15) is 59.0 Å². The van der Waals surface area contributed by atoms with Crippen LogP contribution in [0, 0.1) is 5.82 Å². The molecule has 0 saturated carbocycles. The first-order valence-corrected chi connectivity index (χ1v) is 10.1. The van der Waals surface area contributed by atoms with E-state index in [2.05, 4.69) is 15.5 Å². The number of nitrogens with one attached hydrogen (secondary N) is 1. The summed E-state index contributed by atoms with van der Waals surface area (Å²) in [5.41, 5.74) is 0. The maximum atomic E-state index is 13.1. The van der Waals surface area contributed by atoms with Crippen molar-refractivity contribution in [2.45, 2.75) is 64.4 Å². The van der Waals surface area contributed by atoms with E-state index in [1.807, 2.05) is 39.2 Å². The number of aromatic nitrogens is 3.